The Morgan fingerprint density at radius 3 is 2.21 bits per heavy atom. The maximum absolute atomic E-state index is 11.4. The fourth-order valence-corrected chi connectivity index (χ4v) is 1.34. The second-order valence-corrected chi connectivity index (χ2v) is 3.58. The van der Waals surface area contributed by atoms with Crippen molar-refractivity contribution in [1.29, 1.82) is 0 Å². The molecule has 0 unspecified atom stereocenters. The Bertz CT molecular complexity index is 501. The van der Waals surface area contributed by atoms with Crippen LogP contribution in [0, 0.1) is 0 Å². The van der Waals surface area contributed by atoms with Crippen LogP contribution < -0.4 is 10.6 Å². The lowest BCUT2D eigenvalue weighted by Crippen LogP contribution is -2.40. The van der Waals surface area contributed by atoms with Crippen molar-refractivity contribution in [3.8, 4) is 0 Å². The summed E-state index contributed by atoms with van der Waals surface area (Å²) in [5.41, 5.74) is 1.32. The van der Waals surface area contributed by atoms with Crippen LogP contribution in [0.4, 0.5) is 0 Å². The van der Waals surface area contributed by atoms with Crippen molar-refractivity contribution in [2.45, 2.75) is 6.17 Å². The fourth-order valence-electron chi connectivity index (χ4n) is 1.34. The molecular weight excluding hydrogens is 242 g/mol. The molecule has 0 aliphatic heterocycles. The molecule has 0 aliphatic rings. The van der Waals surface area contributed by atoms with E-state index in [2.05, 4.69) is 35.4 Å². The summed E-state index contributed by atoms with van der Waals surface area (Å²) < 4.78 is 0. The summed E-state index contributed by atoms with van der Waals surface area (Å²) in [6.45, 7) is 10.4. The van der Waals surface area contributed by atoms with Gasteiger partial charge in [0.05, 0.1) is 5.69 Å². The van der Waals surface area contributed by atoms with Gasteiger partial charge in [-0.3, -0.25) is 14.6 Å². The van der Waals surface area contributed by atoms with Crippen LogP contribution in [0.15, 0.2) is 50.2 Å². The highest BCUT2D eigenvalue weighted by molar-refractivity contribution is 5.89. The van der Waals surface area contributed by atoms with Gasteiger partial charge < -0.3 is 10.6 Å². The topological polar surface area (TPSA) is 71.1 Å². The smallest absolute Gasteiger partial charge is 0.245 e. The van der Waals surface area contributed by atoms with Gasteiger partial charge in [0.1, 0.15) is 6.17 Å². The highest BCUT2D eigenvalue weighted by atomic mass is 16.2. The van der Waals surface area contributed by atoms with Crippen molar-refractivity contribution < 1.29 is 9.59 Å². The zero-order valence-corrected chi connectivity index (χ0v) is 10.4. The molecule has 0 atom stereocenters. The molecule has 0 spiro atoms. The number of amides is 2. The molecule has 0 bridgehead atoms. The van der Waals surface area contributed by atoms with Gasteiger partial charge in [-0.2, -0.15) is 0 Å². The second-order valence-electron chi connectivity index (χ2n) is 3.58. The molecule has 5 heteroatoms. The number of nitrogens with one attached hydrogen (secondary N) is 2. The third-order valence-electron chi connectivity index (χ3n) is 2.28. The molecule has 0 aromatic carbocycles. The number of rotatable bonds is 6. The first-order chi connectivity index (χ1) is 9.10. The molecule has 0 fully saturated rings. The summed E-state index contributed by atoms with van der Waals surface area (Å²) >= 11 is 0. The van der Waals surface area contributed by atoms with Gasteiger partial charge in [0.25, 0.3) is 0 Å². The van der Waals surface area contributed by atoms with Crippen molar-refractivity contribution >= 4 is 17.9 Å². The van der Waals surface area contributed by atoms with E-state index in [4.69, 9.17) is 0 Å². The number of carbonyl (C=O) groups is 2. The van der Waals surface area contributed by atoms with Crippen LogP contribution in [0.1, 0.15) is 17.4 Å². The van der Waals surface area contributed by atoms with Crippen molar-refractivity contribution in [2.75, 3.05) is 0 Å². The summed E-state index contributed by atoms with van der Waals surface area (Å²) in [6, 6.07) is 3.47. The van der Waals surface area contributed by atoms with E-state index in [0.29, 0.717) is 5.69 Å². The standard InChI is InChI=1S/C14H15N3O2/c1-4-10-7-8-15-11(9-10)14(16-12(18)5-2)17-13(19)6-3/h4-9,14H,1-3H2,(H,16,18)(H,17,19). The molecule has 2 N–H and O–H groups in total. The first-order valence-electron chi connectivity index (χ1n) is 5.55. The summed E-state index contributed by atoms with van der Waals surface area (Å²) in [6.07, 6.45) is 4.69. The predicted molar refractivity (Wildman–Crippen MR) is 73.7 cm³/mol. The Balaban J connectivity index is 3.02. The number of hydrogen-bond acceptors (Lipinski definition) is 3. The van der Waals surface area contributed by atoms with Crippen LogP contribution in [0.2, 0.25) is 0 Å². The van der Waals surface area contributed by atoms with Gasteiger partial charge in [-0.1, -0.05) is 25.8 Å². The molecule has 1 aromatic heterocycles. The number of nitrogens with zero attached hydrogens (tertiary/aromatic N) is 1. The van der Waals surface area contributed by atoms with E-state index >= 15 is 0 Å². The summed E-state index contributed by atoms with van der Waals surface area (Å²) in [7, 11) is 0. The van der Waals surface area contributed by atoms with E-state index in [-0.39, 0.29) is 0 Å². The number of carbonyl (C=O) groups excluding carboxylic acids is 2. The third-order valence-corrected chi connectivity index (χ3v) is 2.28. The lowest BCUT2D eigenvalue weighted by atomic mass is 10.2. The van der Waals surface area contributed by atoms with Gasteiger partial charge in [-0.05, 0) is 29.8 Å². The molecule has 0 radical (unpaired) electrons. The van der Waals surface area contributed by atoms with Crippen LogP contribution in [0.3, 0.4) is 0 Å². The first-order valence-corrected chi connectivity index (χ1v) is 5.55. The van der Waals surface area contributed by atoms with E-state index in [1.165, 1.54) is 0 Å². The number of hydrogen-bond donors (Lipinski definition) is 2. The molecule has 1 rings (SSSR count). The number of pyridine rings is 1. The van der Waals surface area contributed by atoms with Gasteiger partial charge in [-0.25, -0.2) is 0 Å². The SMILES string of the molecule is C=CC(=O)NC(NC(=O)C=C)c1cc(C=C)ccn1. The van der Waals surface area contributed by atoms with Crippen molar-refractivity contribution in [2.24, 2.45) is 0 Å². The van der Waals surface area contributed by atoms with E-state index in [9.17, 15) is 9.59 Å². The maximum Gasteiger partial charge on any atom is 0.245 e. The van der Waals surface area contributed by atoms with Crippen molar-refractivity contribution in [1.82, 2.24) is 15.6 Å². The molecule has 0 saturated heterocycles. The quantitative estimate of drug-likeness (QED) is 0.596. The zero-order chi connectivity index (χ0) is 14.3. The number of aromatic nitrogens is 1. The van der Waals surface area contributed by atoms with Crippen LogP contribution >= 0.6 is 0 Å². The van der Waals surface area contributed by atoms with Gasteiger partial charge >= 0.3 is 0 Å². The van der Waals surface area contributed by atoms with Gasteiger partial charge in [0, 0.05) is 6.20 Å². The Morgan fingerprint density at radius 2 is 1.74 bits per heavy atom. The van der Waals surface area contributed by atoms with Crippen molar-refractivity contribution in [3.63, 3.8) is 0 Å². The van der Waals surface area contributed by atoms with E-state index in [1.54, 1.807) is 24.4 Å². The summed E-state index contributed by atoms with van der Waals surface area (Å²) in [5.74, 6) is -0.833. The molecule has 98 valence electrons. The molecule has 1 aromatic rings. The van der Waals surface area contributed by atoms with E-state index in [1.807, 2.05) is 0 Å². The Labute approximate surface area is 111 Å². The molecule has 5 nitrogen and oxygen atoms in total. The van der Waals surface area contributed by atoms with Crippen molar-refractivity contribution in [3.05, 3.63) is 61.5 Å². The van der Waals surface area contributed by atoms with E-state index in [0.717, 1.165) is 17.7 Å². The van der Waals surface area contributed by atoms with Gasteiger partial charge in [0.15, 0.2) is 0 Å². The van der Waals surface area contributed by atoms with Gasteiger partial charge in [-0.15, -0.1) is 0 Å². The Kier molecular flexibility index (Phi) is 5.22. The van der Waals surface area contributed by atoms with Crippen LogP contribution in [0.5, 0.6) is 0 Å². The summed E-state index contributed by atoms with van der Waals surface area (Å²) in [5, 5.41) is 5.13. The molecule has 1 heterocycles. The normalized spacial score (nSPS) is 9.53. The van der Waals surface area contributed by atoms with E-state index < -0.39 is 18.0 Å². The zero-order valence-electron chi connectivity index (χ0n) is 10.4. The minimum atomic E-state index is -0.754. The lowest BCUT2D eigenvalue weighted by molar-refractivity contribution is -0.119. The lowest BCUT2D eigenvalue weighted by Gasteiger charge is -2.18. The highest BCUT2D eigenvalue weighted by Crippen LogP contribution is 2.10. The second kappa shape index (κ2) is 6.90. The summed E-state index contributed by atoms with van der Waals surface area (Å²) in [4.78, 5) is 26.8. The molecule has 2 amide bonds. The average molecular weight is 257 g/mol. The van der Waals surface area contributed by atoms with Gasteiger partial charge in [0.2, 0.25) is 11.8 Å². The minimum Gasteiger partial charge on any atom is -0.327 e. The maximum atomic E-state index is 11.4. The monoisotopic (exact) mass is 257 g/mol. The van der Waals surface area contributed by atoms with Crippen LogP contribution in [0.25, 0.3) is 6.08 Å². The Morgan fingerprint density at radius 1 is 1.16 bits per heavy atom. The van der Waals surface area contributed by atoms with Crippen LogP contribution in [-0.4, -0.2) is 16.8 Å². The Hall–Kier alpha value is -2.69. The minimum absolute atomic E-state index is 0.417. The molecular formula is C14H15N3O2. The first kappa shape index (κ1) is 14.4. The largest absolute Gasteiger partial charge is 0.327 e. The third kappa shape index (κ3) is 4.23. The van der Waals surface area contributed by atoms with Crippen LogP contribution in [-0.2, 0) is 9.59 Å². The average Bonchev–Trinajstić information content (AvgIpc) is 2.46. The molecule has 0 saturated carbocycles. The molecule has 0 aliphatic carbocycles. The fraction of sp³-hybridized carbons (Fsp3) is 0.0714. The molecule has 19 heavy (non-hydrogen) atoms. The predicted octanol–water partition coefficient (Wildman–Crippen LogP) is 1.33. The highest BCUT2D eigenvalue weighted by Gasteiger charge is 2.16.